The molecule has 0 atom stereocenters. The van der Waals surface area contributed by atoms with E-state index in [0.29, 0.717) is 0 Å². The van der Waals surface area contributed by atoms with Crippen molar-refractivity contribution in [2.75, 3.05) is 0 Å². The third-order valence-corrected chi connectivity index (χ3v) is 10.6. The van der Waals surface area contributed by atoms with Crippen molar-refractivity contribution < 1.29 is 0 Å². The predicted octanol–water partition coefficient (Wildman–Crippen LogP) is 18.1. The molecule has 0 saturated carbocycles. The summed E-state index contributed by atoms with van der Waals surface area (Å²) in [5, 5.41) is 0. The molecule has 0 fully saturated rings. The lowest BCUT2D eigenvalue weighted by Gasteiger charge is -2.04. The molecule has 0 aliphatic heterocycles. The van der Waals surface area contributed by atoms with E-state index < -0.39 is 0 Å². The van der Waals surface area contributed by atoms with E-state index in [-0.39, 0.29) is 0 Å². The predicted molar refractivity (Wildman–Crippen MR) is 219 cm³/mol. The molecular weight excluding hydrogens is 565 g/mol. The van der Waals surface area contributed by atoms with Crippen molar-refractivity contribution >= 4 is 0 Å². The maximum absolute atomic E-state index is 2.39. The van der Waals surface area contributed by atoms with Crippen LogP contribution in [0.3, 0.4) is 0 Å². The molecule has 0 aromatic carbocycles. The van der Waals surface area contributed by atoms with Gasteiger partial charge in [0, 0.05) is 0 Å². The Labute approximate surface area is 300 Å². The standard InChI is InChI=1S/C47H92/c1-3-5-7-9-11-13-15-17-19-21-23-25-27-29-31-33-35-37-39-41-43-45-47-46-44-42-40-38-36-34-32-30-28-26-24-22-20-18-16-14-12-10-8-6-4-2/h43,45-47H,3-42,44H2,1-2H3/b45-43+,47-46?. The summed E-state index contributed by atoms with van der Waals surface area (Å²) in [7, 11) is 0. The highest BCUT2D eigenvalue weighted by Crippen LogP contribution is 2.17. The first kappa shape index (κ1) is 46.5. The lowest BCUT2D eigenvalue weighted by atomic mass is 10.0. The van der Waals surface area contributed by atoms with Crippen molar-refractivity contribution in [1.29, 1.82) is 0 Å². The number of allylic oxidation sites excluding steroid dienone is 4. The largest absolute Gasteiger partial charge is 0.0845 e. The van der Waals surface area contributed by atoms with Crippen LogP contribution >= 0.6 is 0 Å². The van der Waals surface area contributed by atoms with Gasteiger partial charge < -0.3 is 0 Å². The second-order valence-electron chi connectivity index (χ2n) is 15.5. The van der Waals surface area contributed by atoms with Crippen molar-refractivity contribution in [3.8, 4) is 0 Å². The Hall–Kier alpha value is -0.520. The topological polar surface area (TPSA) is 0 Å². The fraction of sp³-hybridized carbons (Fsp3) is 0.915. The lowest BCUT2D eigenvalue weighted by Crippen LogP contribution is -1.84. The second-order valence-corrected chi connectivity index (χ2v) is 15.5. The average Bonchev–Trinajstić information content (AvgIpc) is 3.08. The molecule has 0 saturated heterocycles. The van der Waals surface area contributed by atoms with E-state index in [9.17, 15) is 0 Å². The highest BCUT2D eigenvalue weighted by molar-refractivity contribution is 5.02. The highest BCUT2D eigenvalue weighted by Gasteiger charge is 1.97. The SMILES string of the molecule is CCCCCCCCCCCCCCCCCCCCC/C=C/C=CCCCCCCCCCCCCCCCCCCCCCC. The van der Waals surface area contributed by atoms with Gasteiger partial charge in [-0.1, -0.05) is 276 Å². The second kappa shape index (κ2) is 45.5. The summed E-state index contributed by atoms with van der Waals surface area (Å²) in [6.45, 7) is 4.62. The van der Waals surface area contributed by atoms with Crippen molar-refractivity contribution in [2.45, 2.75) is 277 Å². The minimum absolute atomic E-state index is 1.27. The first-order chi connectivity index (χ1) is 23.4. The summed E-state index contributed by atoms with van der Waals surface area (Å²) in [6.07, 6.45) is 68.9. The zero-order chi connectivity index (χ0) is 33.8. The molecule has 0 aromatic rings. The van der Waals surface area contributed by atoms with Crippen molar-refractivity contribution in [3.05, 3.63) is 24.3 Å². The summed E-state index contributed by atoms with van der Waals surface area (Å²) in [5.41, 5.74) is 0. The van der Waals surface area contributed by atoms with E-state index in [2.05, 4.69) is 38.2 Å². The first-order valence-electron chi connectivity index (χ1n) is 22.7. The van der Waals surface area contributed by atoms with Crippen molar-refractivity contribution in [3.63, 3.8) is 0 Å². The lowest BCUT2D eigenvalue weighted by molar-refractivity contribution is 0.522. The van der Waals surface area contributed by atoms with E-state index >= 15 is 0 Å². The van der Waals surface area contributed by atoms with Gasteiger partial charge in [0.05, 0.1) is 0 Å². The van der Waals surface area contributed by atoms with Gasteiger partial charge in [0.15, 0.2) is 0 Å². The van der Waals surface area contributed by atoms with Crippen LogP contribution in [-0.4, -0.2) is 0 Å². The summed E-state index contributed by atoms with van der Waals surface area (Å²) >= 11 is 0. The molecule has 0 N–H and O–H groups in total. The average molecular weight is 657 g/mol. The molecule has 0 spiro atoms. The minimum Gasteiger partial charge on any atom is -0.0845 e. The smallest absolute Gasteiger partial charge is 0.0348 e. The Balaban J connectivity index is 3.14. The monoisotopic (exact) mass is 657 g/mol. The molecule has 0 nitrogen and oxygen atoms in total. The van der Waals surface area contributed by atoms with Crippen LogP contribution in [0.1, 0.15) is 277 Å². The molecule has 0 bridgehead atoms. The number of rotatable bonds is 42. The van der Waals surface area contributed by atoms with E-state index in [1.165, 1.54) is 263 Å². The van der Waals surface area contributed by atoms with Crippen LogP contribution in [0, 0.1) is 0 Å². The molecule has 47 heavy (non-hydrogen) atoms. The number of hydrogen-bond acceptors (Lipinski definition) is 0. The van der Waals surface area contributed by atoms with Gasteiger partial charge >= 0.3 is 0 Å². The van der Waals surface area contributed by atoms with Gasteiger partial charge in [0.25, 0.3) is 0 Å². The van der Waals surface area contributed by atoms with E-state index in [1.54, 1.807) is 0 Å². The van der Waals surface area contributed by atoms with Crippen LogP contribution in [0.25, 0.3) is 0 Å². The van der Waals surface area contributed by atoms with Crippen LogP contribution in [0.2, 0.25) is 0 Å². The van der Waals surface area contributed by atoms with Crippen LogP contribution in [0.4, 0.5) is 0 Å². The molecule has 0 unspecified atom stereocenters. The zero-order valence-electron chi connectivity index (χ0n) is 33.3. The van der Waals surface area contributed by atoms with Gasteiger partial charge in [0.2, 0.25) is 0 Å². The molecule has 280 valence electrons. The quantitative estimate of drug-likeness (QED) is 0.0453. The third kappa shape index (κ3) is 45.5. The Morgan fingerprint density at radius 1 is 0.191 bits per heavy atom. The molecule has 0 heteroatoms. The molecule has 0 aromatic heterocycles. The normalized spacial score (nSPS) is 12.0. The minimum atomic E-state index is 1.27. The van der Waals surface area contributed by atoms with Gasteiger partial charge in [-0.15, -0.1) is 0 Å². The molecule has 0 aliphatic rings. The third-order valence-electron chi connectivity index (χ3n) is 10.6. The molecule has 0 rings (SSSR count). The Morgan fingerprint density at radius 3 is 0.511 bits per heavy atom. The maximum atomic E-state index is 2.39. The summed E-state index contributed by atoms with van der Waals surface area (Å²) in [6, 6.07) is 0. The van der Waals surface area contributed by atoms with Gasteiger partial charge in [0.1, 0.15) is 0 Å². The van der Waals surface area contributed by atoms with Crippen LogP contribution < -0.4 is 0 Å². The van der Waals surface area contributed by atoms with E-state index in [1.807, 2.05) is 0 Å². The van der Waals surface area contributed by atoms with Crippen molar-refractivity contribution in [2.24, 2.45) is 0 Å². The van der Waals surface area contributed by atoms with Crippen LogP contribution in [0.15, 0.2) is 24.3 Å². The Kier molecular flexibility index (Phi) is 45.0. The number of unbranched alkanes of at least 4 members (excludes halogenated alkanes) is 39. The summed E-state index contributed by atoms with van der Waals surface area (Å²) < 4.78 is 0. The van der Waals surface area contributed by atoms with Gasteiger partial charge in [-0.2, -0.15) is 0 Å². The summed E-state index contributed by atoms with van der Waals surface area (Å²) in [4.78, 5) is 0. The molecular formula is C47H92. The molecule has 0 amide bonds. The maximum Gasteiger partial charge on any atom is -0.0348 e. The van der Waals surface area contributed by atoms with Gasteiger partial charge in [-0.25, -0.2) is 0 Å². The molecule has 0 radical (unpaired) electrons. The summed E-state index contributed by atoms with van der Waals surface area (Å²) in [5.74, 6) is 0. The van der Waals surface area contributed by atoms with Gasteiger partial charge in [-0.05, 0) is 25.7 Å². The zero-order valence-corrected chi connectivity index (χ0v) is 33.3. The Bertz CT molecular complexity index is 571. The van der Waals surface area contributed by atoms with Crippen molar-refractivity contribution in [1.82, 2.24) is 0 Å². The van der Waals surface area contributed by atoms with Crippen LogP contribution in [0.5, 0.6) is 0 Å². The molecule has 0 heterocycles. The Morgan fingerprint density at radius 2 is 0.340 bits per heavy atom. The van der Waals surface area contributed by atoms with Gasteiger partial charge in [-0.3, -0.25) is 0 Å². The fourth-order valence-corrected chi connectivity index (χ4v) is 7.21. The number of hydrogen-bond donors (Lipinski definition) is 0. The highest BCUT2D eigenvalue weighted by atomic mass is 14.0. The van der Waals surface area contributed by atoms with E-state index in [0.717, 1.165) is 0 Å². The molecule has 0 aliphatic carbocycles. The van der Waals surface area contributed by atoms with E-state index in [4.69, 9.17) is 0 Å². The van der Waals surface area contributed by atoms with Crippen LogP contribution in [-0.2, 0) is 0 Å². The first-order valence-corrected chi connectivity index (χ1v) is 22.7. The fourth-order valence-electron chi connectivity index (χ4n) is 7.21.